The van der Waals surface area contributed by atoms with Crippen LogP contribution in [0.1, 0.15) is 55.1 Å². The minimum absolute atomic E-state index is 0.0789. The standard InChI is InChI=1S/C25H35N5O5S/c1-15-11-16(2)18(23(33)34)12-17(15)19-13-21(30-24(26)29-19)36-10-7-20(31)28-9-6-8-27-14-22(32)35-25(3,4)5/h11-13,27H,6-10,14H2,1-5H3,(H,28,31)(H,33,34)(H2,26,29,30). The molecule has 0 fully saturated rings. The maximum Gasteiger partial charge on any atom is 0.335 e. The largest absolute Gasteiger partial charge is 0.478 e. The van der Waals surface area contributed by atoms with Gasteiger partial charge in [0, 0.05) is 24.3 Å². The molecule has 2 aromatic rings. The Morgan fingerprint density at radius 2 is 1.81 bits per heavy atom. The van der Waals surface area contributed by atoms with Crippen LogP contribution in [0.5, 0.6) is 0 Å². The van der Waals surface area contributed by atoms with Crippen LogP contribution in [0.3, 0.4) is 0 Å². The van der Waals surface area contributed by atoms with Gasteiger partial charge in [-0.2, -0.15) is 0 Å². The van der Waals surface area contributed by atoms with Crippen molar-refractivity contribution in [2.75, 3.05) is 31.1 Å². The molecule has 0 saturated carbocycles. The first-order chi connectivity index (χ1) is 16.9. The van der Waals surface area contributed by atoms with E-state index in [9.17, 15) is 19.5 Å². The van der Waals surface area contributed by atoms with Gasteiger partial charge in [0.25, 0.3) is 0 Å². The number of hydrogen-bond donors (Lipinski definition) is 4. The minimum Gasteiger partial charge on any atom is -0.478 e. The smallest absolute Gasteiger partial charge is 0.335 e. The number of carbonyl (C=O) groups is 3. The van der Waals surface area contributed by atoms with Gasteiger partial charge in [-0.3, -0.25) is 9.59 Å². The Morgan fingerprint density at radius 1 is 1.08 bits per heavy atom. The van der Waals surface area contributed by atoms with Gasteiger partial charge in [-0.25, -0.2) is 14.8 Å². The van der Waals surface area contributed by atoms with Gasteiger partial charge in [0.15, 0.2) is 0 Å². The van der Waals surface area contributed by atoms with Gasteiger partial charge in [0.1, 0.15) is 10.6 Å². The molecule has 1 aromatic carbocycles. The molecule has 0 aliphatic heterocycles. The summed E-state index contributed by atoms with van der Waals surface area (Å²) in [5, 5.41) is 15.9. The highest BCUT2D eigenvalue weighted by molar-refractivity contribution is 7.99. The fourth-order valence-corrected chi connectivity index (χ4v) is 4.21. The van der Waals surface area contributed by atoms with E-state index in [4.69, 9.17) is 10.5 Å². The molecule has 0 spiro atoms. The Bertz CT molecular complexity index is 1100. The molecule has 0 radical (unpaired) electrons. The number of nitrogen functional groups attached to an aromatic ring is 1. The molecule has 0 saturated heterocycles. The van der Waals surface area contributed by atoms with Gasteiger partial charge in [-0.15, -0.1) is 11.8 Å². The van der Waals surface area contributed by atoms with Crippen molar-refractivity contribution in [2.24, 2.45) is 0 Å². The molecule has 36 heavy (non-hydrogen) atoms. The van der Waals surface area contributed by atoms with Crippen molar-refractivity contribution >= 4 is 35.6 Å². The lowest BCUT2D eigenvalue weighted by Gasteiger charge is -2.19. The summed E-state index contributed by atoms with van der Waals surface area (Å²) in [5.41, 5.74) is 8.36. The van der Waals surface area contributed by atoms with Crippen molar-refractivity contribution < 1.29 is 24.2 Å². The van der Waals surface area contributed by atoms with Crippen LogP contribution in [-0.2, 0) is 14.3 Å². The molecule has 0 bridgehead atoms. The fraction of sp³-hybridized carbons (Fsp3) is 0.480. The number of thioether (sulfide) groups is 1. The average molecular weight is 518 g/mol. The van der Waals surface area contributed by atoms with Crippen molar-refractivity contribution in [1.82, 2.24) is 20.6 Å². The number of nitrogens with zero attached hydrogens (tertiary/aromatic N) is 2. The highest BCUT2D eigenvalue weighted by atomic mass is 32.2. The monoisotopic (exact) mass is 517 g/mol. The number of hydrogen-bond acceptors (Lipinski definition) is 9. The summed E-state index contributed by atoms with van der Waals surface area (Å²) in [7, 11) is 0. The van der Waals surface area contributed by atoms with Crippen LogP contribution >= 0.6 is 11.8 Å². The number of benzene rings is 1. The number of rotatable bonds is 12. The Morgan fingerprint density at radius 3 is 2.47 bits per heavy atom. The van der Waals surface area contributed by atoms with Crippen molar-refractivity contribution in [1.29, 1.82) is 0 Å². The van der Waals surface area contributed by atoms with Crippen LogP contribution in [0.2, 0.25) is 0 Å². The molecule has 2 rings (SSSR count). The first-order valence-corrected chi connectivity index (χ1v) is 12.7. The second-order valence-corrected chi connectivity index (χ2v) is 10.4. The van der Waals surface area contributed by atoms with Gasteiger partial charge in [0.2, 0.25) is 11.9 Å². The molecule has 1 heterocycles. The van der Waals surface area contributed by atoms with E-state index < -0.39 is 11.6 Å². The second-order valence-electron chi connectivity index (χ2n) is 9.30. The predicted molar refractivity (Wildman–Crippen MR) is 140 cm³/mol. The van der Waals surface area contributed by atoms with Crippen LogP contribution in [0.25, 0.3) is 11.3 Å². The number of esters is 1. The second kappa shape index (κ2) is 13.2. The molecule has 1 aromatic heterocycles. The zero-order valence-electron chi connectivity index (χ0n) is 21.4. The van der Waals surface area contributed by atoms with Gasteiger partial charge in [0.05, 0.1) is 17.8 Å². The highest BCUT2D eigenvalue weighted by Gasteiger charge is 2.16. The van der Waals surface area contributed by atoms with Crippen molar-refractivity contribution in [2.45, 2.75) is 58.1 Å². The molecule has 0 aliphatic carbocycles. The Balaban J connectivity index is 1.80. The van der Waals surface area contributed by atoms with Crippen LogP contribution in [0, 0.1) is 13.8 Å². The van der Waals surface area contributed by atoms with Gasteiger partial charge >= 0.3 is 11.9 Å². The van der Waals surface area contributed by atoms with E-state index >= 15 is 0 Å². The first kappa shape index (κ1) is 29.1. The average Bonchev–Trinajstić information content (AvgIpc) is 2.74. The number of anilines is 1. The topological polar surface area (TPSA) is 157 Å². The summed E-state index contributed by atoms with van der Waals surface area (Å²) in [5.74, 6) is -0.828. The number of aryl methyl sites for hydroxylation is 2. The van der Waals surface area contributed by atoms with Crippen LogP contribution in [0.4, 0.5) is 5.95 Å². The lowest BCUT2D eigenvalue weighted by Crippen LogP contribution is -2.33. The van der Waals surface area contributed by atoms with E-state index in [1.54, 1.807) is 25.1 Å². The summed E-state index contributed by atoms with van der Waals surface area (Å²) >= 11 is 1.37. The van der Waals surface area contributed by atoms with Gasteiger partial charge in [-0.1, -0.05) is 6.07 Å². The molecule has 196 valence electrons. The highest BCUT2D eigenvalue weighted by Crippen LogP contribution is 2.29. The number of nitrogens with one attached hydrogen (secondary N) is 2. The molecular weight excluding hydrogens is 482 g/mol. The van der Waals surface area contributed by atoms with E-state index in [0.717, 1.165) is 5.56 Å². The molecule has 0 atom stereocenters. The molecule has 0 aliphatic rings. The molecule has 10 nitrogen and oxygen atoms in total. The summed E-state index contributed by atoms with van der Waals surface area (Å²) in [6, 6.07) is 5.15. The van der Waals surface area contributed by atoms with Gasteiger partial charge < -0.3 is 26.2 Å². The fourth-order valence-electron chi connectivity index (χ4n) is 3.36. The van der Waals surface area contributed by atoms with Crippen molar-refractivity contribution in [3.8, 4) is 11.3 Å². The first-order valence-electron chi connectivity index (χ1n) is 11.7. The maximum atomic E-state index is 12.1. The van der Waals surface area contributed by atoms with Gasteiger partial charge in [-0.05, 0) is 70.8 Å². The van der Waals surface area contributed by atoms with E-state index in [1.165, 1.54) is 11.8 Å². The van der Waals surface area contributed by atoms with Crippen molar-refractivity contribution in [3.63, 3.8) is 0 Å². The molecule has 5 N–H and O–H groups in total. The maximum absolute atomic E-state index is 12.1. The van der Waals surface area contributed by atoms with Crippen molar-refractivity contribution in [3.05, 3.63) is 34.9 Å². The Kier molecular flexibility index (Phi) is 10.7. The van der Waals surface area contributed by atoms with Crippen LogP contribution in [-0.4, -0.2) is 63.9 Å². The number of ether oxygens (including phenoxy) is 1. The van der Waals surface area contributed by atoms with Crippen LogP contribution in [0.15, 0.2) is 23.2 Å². The van der Waals surface area contributed by atoms with E-state index in [2.05, 4.69) is 20.6 Å². The molecule has 11 heteroatoms. The van der Waals surface area contributed by atoms with Crippen LogP contribution < -0.4 is 16.4 Å². The summed E-state index contributed by atoms with van der Waals surface area (Å²) in [6.45, 7) is 10.3. The number of carbonyl (C=O) groups excluding carboxylic acids is 2. The molecule has 1 amide bonds. The third-order valence-electron chi connectivity index (χ3n) is 4.92. The zero-order chi connectivity index (χ0) is 26.9. The molecule has 0 unspecified atom stereocenters. The van der Waals surface area contributed by atoms with E-state index in [1.807, 2.05) is 27.7 Å². The lowest BCUT2D eigenvalue weighted by molar-refractivity contribution is -0.153. The lowest BCUT2D eigenvalue weighted by atomic mass is 9.98. The normalized spacial score (nSPS) is 11.2. The predicted octanol–water partition coefficient (Wildman–Crippen LogP) is 2.96. The number of aromatic nitrogens is 2. The summed E-state index contributed by atoms with van der Waals surface area (Å²) in [6.07, 6.45) is 0.976. The summed E-state index contributed by atoms with van der Waals surface area (Å²) < 4.78 is 5.21. The zero-order valence-corrected chi connectivity index (χ0v) is 22.3. The quantitative estimate of drug-likeness (QED) is 0.143. The third kappa shape index (κ3) is 9.82. The number of carboxylic acid groups (broad SMARTS) is 1. The Labute approximate surface area is 215 Å². The Hall–Kier alpha value is -3.18. The number of carboxylic acids is 1. The van der Waals surface area contributed by atoms with E-state index in [0.29, 0.717) is 53.5 Å². The minimum atomic E-state index is -1.00. The van der Waals surface area contributed by atoms with E-state index in [-0.39, 0.29) is 29.9 Å². The third-order valence-corrected chi connectivity index (χ3v) is 5.83. The number of amides is 1. The number of aromatic carboxylic acids is 1. The molecular formula is C25H35N5O5S. The number of nitrogens with two attached hydrogens (primary N) is 1. The SMILES string of the molecule is Cc1cc(C)c(-c2cc(SCCC(=O)NCCCNCC(=O)OC(C)(C)C)nc(N)n2)cc1C(=O)O. The summed E-state index contributed by atoms with van der Waals surface area (Å²) in [4.78, 5) is 43.8.